The number of amides is 1. The summed E-state index contributed by atoms with van der Waals surface area (Å²) in [6.07, 6.45) is 1.76. The summed E-state index contributed by atoms with van der Waals surface area (Å²) in [6, 6.07) is 22.7. The van der Waals surface area contributed by atoms with Gasteiger partial charge >= 0.3 is 0 Å². The number of nitrogens with zero attached hydrogens (tertiary/aromatic N) is 4. The van der Waals surface area contributed by atoms with Gasteiger partial charge in [0.1, 0.15) is 0 Å². The number of hydrogen-bond acceptors (Lipinski definition) is 4. The van der Waals surface area contributed by atoms with E-state index in [1.54, 1.807) is 6.20 Å². The highest BCUT2D eigenvalue weighted by Crippen LogP contribution is 2.27. The molecular weight excluding hydrogens is 444 g/mol. The van der Waals surface area contributed by atoms with Crippen LogP contribution >= 0.6 is 0 Å². The SMILES string of the molecule is Cc1ccc2nc(-c3ccccn3)cc(C(=O)N3CCN(Cc4ccc(C(C)(C)C)cc4)CC3)c2c1. The van der Waals surface area contributed by atoms with E-state index in [-0.39, 0.29) is 11.3 Å². The molecule has 1 fully saturated rings. The van der Waals surface area contributed by atoms with Crippen LogP contribution in [-0.4, -0.2) is 51.9 Å². The molecule has 2 aromatic carbocycles. The lowest BCUT2D eigenvalue weighted by Crippen LogP contribution is -2.48. The van der Waals surface area contributed by atoms with E-state index in [0.29, 0.717) is 18.7 Å². The van der Waals surface area contributed by atoms with E-state index in [9.17, 15) is 4.79 Å². The Bertz CT molecular complexity index is 1370. The van der Waals surface area contributed by atoms with Crippen molar-refractivity contribution in [2.24, 2.45) is 0 Å². The summed E-state index contributed by atoms with van der Waals surface area (Å²) in [7, 11) is 0. The Labute approximate surface area is 213 Å². The maximum Gasteiger partial charge on any atom is 0.254 e. The third-order valence-electron chi connectivity index (χ3n) is 7.01. The zero-order valence-electron chi connectivity index (χ0n) is 21.7. The zero-order valence-corrected chi connectivity index (χ0v) is 21.7. The number of benzene rings is 2. The van der Waals surface area contributed by atoms with Crippen molar-refractivity contribution in [3.63, 3.8) is 0 Å². The second-order valence-electron chi connectivity index (χ2n) is 10.8. The van der Waals surface area contributed by atoms with Crippen LogP contribution in [0.1, 0.15) is 47.8 Å². The molecule has 4 aromatic rings. The number of rotatable bonds is 4. The Morgan fingerprint density at radius 3 is 2.31 bits per heavy atom. The Hall–Kier alpha value is -3.57. The number of aryl methyl sites for hydroxylation is 1. The van der Waals surface area contributed by atoms with Crippen LogP contribution in [0.3, 0.4) is 0 Å². The number of carbonyl (C=O) groups is 1. The summed E-state index contributed by atoms with van der Waals surface area (Å²) in [5.41, 5.74) is 6.98. The largest absolute Gasteiger partial charge is 0.336 e. The fourth-order valence-corrected chi connectivity index (χ4v) is 4.81. The highest BCUT2D eigenvalue weighted by atomic mass is 16.2. The topological polar surface area (TPSA) is 49.3 Å². The first-order valence-electron chi connectivity index (χ1n) is 12.7. The molecule has 0 bridgehead atoms. The van der Waals surface area contributed by atoms with Crippen LogP contribution < -0.4 is 0 Å². The summed E-state index contributed by atoms with van der Waals surface area (Å²) < 4.78 is 0. The summed E-state index contributed by atoms with van der Waals surface area (Å²) in [5.74, 6) is 0.0689. The predicted molar refractivity (Wildman–Crippen MR) is 146 cm³/mol. The average Bonchev–Trinajstić information content (AvgIpc) is 2.88. The molecule has 0 atom stereocenters. The van der Waals surface area contributed by atoms with Gasteiger partial charge in [-0.1, -0.05) is 62.7 Å². The van der Waals surface area contributed by atoms with Crippen LogP contribution in [0, 0.1) is 6.92 Å². The third kappa shape index (κ3) is 5.17. The van der Waals surface area contributed by atoms with Gasteiger partial charge in [-0.15, -0.1) is 0 Å². The molecule has 0 saturated carbocycles. The quantitative estimate of drug-likeness (QED) is 0.369. The molecule has 1 aliphatic rings. The van der Waals surface area contributed by atoms with Gasteiger partial charge in [0.05, 0.1) is 22.5 Å². The minimum Gasteiger partial charge on any atom is -0.336 e. The highest BCUT2D eigenvalue weighted by Gasteiger charge is 2.25. The van der Waals surface area contributed by atoms with E-state index in [2.05, 4.69) is 61.0 Å². The van der Waals surface area contributed by atoms with E-state index < -0.39 is 0 Å². The van der Waals surface area contributed by atoms with E-state index in [0.717, 1.165) is 47.5 Å². The van der Waals surface area contributed by atoms with Crippen molar-refractivity contribution in [3.05, 3.63) is 95.2 Å². The molecule has 1 amide bonds. The molecule has 5 rings (SSSR count). The molecule has 3 heterocycles. The third-order valence-corrected chi connectivity index (χ3v) is 7.01. The molecule has 1 saturated heterocycles. The number of piperazine rings is 1. The van der Waals surface area contributed by atoms with Gasteiger partial charge < -0.3 is 4.90 Å². The molecule has 36 heavy (non-hydrogen) atoms. The minimum absolute atomic E-state index is 0.0689. The summed E-state index contributed by atoms with van der Waals surface area (Å²) in [4.78, 5) is 27.5. The van der Waals surface area contributed by atoms with Gasteiger partial charge in [0, 0.05) is 44.3 Å². The van der Waals surface area contributed by atoms with Gasteiger partial charge in [-0.2, -0.15) is 0 Å². The van der Waals surface area contributed by atoms with Crippen molar-refractivity contribution >= 4 is 16.8 Å². The van der Waals surface area contributed by atoms with Crippen molar-refractivity contribution in [1.82, 2.24) is 19.8 Å². The second-order valence-corrected chi connectivity index (χ2v) is 10.8. The Morgan fingerprint density at radius 1 is 0.889 bits per heavy atom. The number of hydrogen-bond donors (Lipinski definition) is 0. The highest BCUT2D eigenvalue weighted by molar-refractivity contribution is 6.07. The molecule has 0 aliphatic carbocycles. The number of carbonyl (C=O) groups excluding carboxylic acids is 1. The molecule has 0 radical (unpaired) electrons. The van der Waals surface area contributed by atoms with Crippen LogP contribution in [0.5, 0.6) is 0 Å². The molecular formula is C31H34N4O. The fraction of sp³-hybridized carbons (Fsp3) is 0.323. The van der Waals surface area contributed by atoms with Crippen molar-refractivity contribution in [2.75, 3.05) is 26.2 Å². The molecule has 0 N–H and O–H groups in total. The number of aromatic nitrogens is 2. The van der Waals surface area contributed by atoms with E-state index in [1.165, 1.54) is 11.1 Å². The van der Waals surface area contributed by atoms with Gasteiger partial charge in [-0.05, 0) is 53.8 Å². The van der Waals surface area contributed by atoms with Crippen molar-refractivity contribution in [2.45, 2.75) is 39.7 Å². The van der Waals surface area contributed by atoms with Gasteiger partial charge in [-0.3, -0.25) is 14.7 Å². The van der Waals surface area contributed by atoms with E-state index in [1.807, 2.05) is 48.2 Å². The molecule has 1 aliphatic heterocycles. The fourth-order valence-electron chi connectivity index (χ4n) is 4.81. The number of fused-ring (bicyclic) bond motifs is 1. The van der Waals surface area contributed by atoms with Crippen molar-refractivity contribution in [1.29, 1.82) is 0 Å². The first kappa shape index (κ1) is 24.1. The maximum absolute atomic E-state index is 13.8. The van der Waals surface area contributed by atoms with Crippen molar-refractivity contribution < 1.29 is 4.79 Å². The standard InChI is InChI=1S/C31H34N4O/c1-22-8-13-27-25(19-22)26(20-29(33-27)28-7-5-6-14-32-28)30(36)35-17-15-34(16-18-35)21-23-9-11-24(12-10-23)31(2,3)4/h5-14,19-20H,15-18,21H2,1-4H3. The Morgan fingerprint density at radius 2 is 1.64 bits per heavy atom. The van der Waals surface area contributed by atoms with Gasteiger partial charge in [0.15, 0.2) is 0 Å². The van der Waals surface area contributed by atoms with Crippen molar-refractivity contribution in [3.8, 4) is 11.4 Å². The lowest BCUT2D eigenvalue weighted by molar-refractivity contribution is 0.0630. The Balaban J connectivity index is 1.33. The maximum atomic E-state index is 13.8. The van der Waals surface area contributed by atoms with E-state index in [4.69, 9.17) is 4.98 Å². The lowest BCUT2D eigenvalue weighted by atomic mass is 9.87. The second kappa shape index (κ2) is 9.82. The van der Waals surface area contributed by atoms with Crippen LogP contribution in [0.2, 0.25) is 0 Å². The first-order chi connectivity index (χ1) is 17.3. The normalized spacial score (nSPS) is 14.8. The molecule has 2 aromatic heterocycles. The average molecular weight is 479 g/mol. The summed E-state index contributed by atoms with van der Waals surface area (Å²) in [6.45, 7) is 12.8. The van der Waals surface area contributed by atoms with Crippen LogP contribution in [0.15, 0.2) is 72.9 Å². The molecule has 0 unspecified atom stereocenters. The lowest BCUT2D eigenvalue weighted by Gasteiger charge is -2.35. The number of pyridine rings is 2. The molecule has 5 nitrogen and oxygen atoms in total. The minimum atomic E-state index is 0.0689. The molecule has 5 heteroatoms. The van der Waals surface area contributed by atoms with Crippen LogP contribution in [-0.2, 0) is 12.0 Å². The molecule has 184 valence electrons. The van der Waals surface area contributed by atoms with E-state index >= 15 is 0 Å². The molecule has 0 spiro atoms. The first-order valence-corrected chi connectivity index (χ1v) is 12.7. The van der Waals surface area contributed by atoms with Crippen LogP contribution in [0.25, 0.3) is 22.3 Å². The predicted octanol–water partition coefficient (Wildman–Crippen LogP) is 5.86. The summed E-state index contributed by atoms with van der Waals surface area (Å²) in [5, 5.41) is 0.904. The van der Waals surface area contributed by atoms with Gasteiger partial charge in [-0.25, -0.2) is 4.98 Å². The Kier molecular flexibility index (Phi) is 6.59. The van der Waals surface area contributed by atoms with Gasteiger partial charge in [0.2, 0.25) is 0 Å². The van der Waals surface area contributed by atoms with Gasteiger partial charge in [0.25, 0.3) is 5.91 Å². The smallest absolute Gasteiger partial charge is 0.254 e. The van der Waals surface area contributed by atoms with Crippen LogP contribution in [0.4, 0.5) is 0 Å². The monoisotopic (exact) mass is 478 g/mol. The zero-order chi connectivity index (χ0) is 25.3. The summed E-state index contributed by atoms with van der Waals surface area (Å²) >= 11 is 0.